The molecule has 0 saturated carbocycles. The zero-order chi connectivity index (χ0) is 18.0. The van der Waals surface area contributed by atoms with Gasteiger partial charge in [0, 0.05) is 28.7 Å². The Morgan fingerprint density at radius 2 is 1.38 bits per heavy atom. The average Bonchev–Trinajstić information content (AvgIpc) is 2.44. The zero-order valence-electron chi connectivity index (χ0n) is 12.6. The van der Waals surface area contributed by atoms with Crippen molar-refractivity contribution in [1.29, 1.82) is 0 Å². The molecule has 24 heavy (non-hydrogen) atoms. The Kier molecular flexibility index (Phi) is 14.6. The predicted octanol–water partition coefficient (Wildman–Crippen LogP) is 2.06. The van der Waals surface area contributed by atoms with Crippen molar-refractivity contribution in [2.24, 2.45) is 0 Å². The van der Waals surface area contributed by atoms with E-state index in [1.165, 1.54) is 12.1 Å². The summed E-state index contributed by atoms with van der Waals surface area (Å²) in [5.74, 6) is 0. The first-order valence-corrected chi connectivity index (χ1v) is 18.8. The Hall–Kier alpha value is -0.570. The summed E-state index contributed by atoms with van der Waals surface area (Å²) in [5, 5.41) is 10.3. The van der Waals surface area contributed by atoms with E-state index in [2.05, 4.69) is 37.2 Å². The fourth-order valence-corrected chi connectivity index (χ4v) is 1.58. The van der Waals surface area contributed by atoms with Crippen LogP contribution in [0.2, 0.25) is 0 Å². The van der Waals surface area contributed by atoms with Gasteiger partial charge in [-0.3, -0.25) is 10.1 Å². The number of nitrogen functional groups attached to an aromatic ring is 3. The van der Waals surface area contributed by atoms with E-state index in [-0.39, 0.29) is 13.1 Å². The fraction of sp³-hybridized carbons (Fsp3) is 0.200. The van der Waals surface area contributed by atoms with Crippen LogP contribution in [0.3, 0.4) is 0 Å². The van der Waals surface area contributed by atoms with E-state index in [1.54, 1.807) is 19.1 Å². The Bertz CT molecular complexity index is 655. The van der Waals surface area contributed by atoms with Crippen molar-refractivity contribution in [3.63, 3.8) is 0 Å². The van der Waals surface area contributed by atoms with Gasteiger partial charge in [-0.1, -0.05) is 7.43 Å². The second-order valence-electron chi connectivity index (χ2n) is 4.47. The van der Waals surface area contributed by atoms with Crippen LogP contribution in [0.4, 0.5) is 22.7 Å². The number of hydrogen-bond donors (Lipinski definition) is 3. The van der Waals surface area contributed by atoms with E-state index in [0.717, 1.165) is 16.9 Å². The number of hydrogen-bond acceptors (Lipinski definition) is 5. The SMILES string of the molecule is C.Cc1cc(N)ccc1N.Cc1cc(N)ccc1[N+](=O)[O-].I[I-]I. The fourth-order valence-electron chi connectivity index (χ4n) is 1.58. The van der Waals surface area contributed by atoms with Gasteiger partial charge in [-0.05, 0) is 49.7 Å². The molecular formula is C15H22I3N4O2-. The van der Waals surface area contributed by atoms with Gasteiger partial charge in [0.15, 0.2) is 0 Å². The number of nitrogens with zero attached hydrogens (tertiary/aromatic N) is 1. The van der Waals surface area contributed by atoms with Crippen LogP contribution in [0.1, 0.15) is 18.6 Å². The molecule has 0 radical (unpaired) electrons. The minimum atomic E-state index is -0.422. The van der Waals surface area contributed by atoms with Gasteiger partial charge in [0.1, 0.15) is 0 Å². The van der Waals surface area contributed by atoms with Crippen LogP contribution in [0.5, 0.6) is 0 Å². The van der Waals surface area contributed by atoms with Crippen LogP contribution >= 0.6 is 37.2 Å². The molecule has 2 rings (SSSR count). The van der Waals surface area contributed by atoms with Gasteiger partial charge < -0.3 is 17.2 Å². The molecule has 9 heteroatoms. The number of benzene rings is 2. The van der Waals surface area contributed by atoms with Gasteiger partial charge in [0.25, 0.3) is 5.69 Å². The first-order chi connectivity index (χ1) is 10.7. The minimum absolute atomic E-state index is 0. The third kappa shape index (κ3) is 10.3. The molecule has 2 aromatic carbocycles. The number of nitro groups is 1. The van der Waals surface area contributed by atoms with E-state index < -0.39 is 4.92 Å². The van der Waals surface area contributed by atoms with Crippen LogP contribution in [-0.4, -0.2) is 4.92 Å². The van der Waals surface area contributed by atoms with Gasteiger partial charge in [-0.15, -0.1) is 0 Å². The van der Waals surface area contributed by atoms with E-state index in [9.17, 15) is 10.1 Å². The van der Waals surface area contributed by atoms with Crippen LogP contribution < -0.4 is 30.5 Å². The van der Waals surface area contributed by atoms with Crippen molar-refractivity contribution in [3.8, 4) is 0 Å². The molecule has 0 fully saturated rings. The van der Waals surface area contributed by atoms with Gasteiger partial charge in [-0.2, -0.15) is 0 Å². The normalized spacial score (nSPS) is 8.83. The summed E-state index contributed by atoms with van der Waals surface area (Å²) in [6.45, 7) is 3.60. The molecule has 0 heterocycles. The van der Waals surface area contributed by atoms with E-state index in [4.69, 9.17) is 17.2 Å². The number of aryl methyl sites for hydroxylation is 2. The molecule has 0 aliphatic heterocycles. The van der Waals surface area contributed by atoms with Crippen molar-refractivity contribution in [2.75, 3.05) is 17.2 Å². The molecule has 136 valence electrons. The summed E-state index contributed by atoms with van der Waals surface area (Å²) in [6, 6.07) is 9.97. The van der Waals surface area contributed by atoms with E-state index in [1.807, 2.05) is 19.1 Å². The molecule has 6 N–H and O–H groups in total. The molecule has 0 aliphatic carbocycles. The molecule has 0 spiro atoms. The molecule has 2 aromatic rings. The van der Waals surface area contributed by atoms with Crippen molar-refractivity contribution < 1.29 is 18.2 Å². The monoisotopic (exact) mass is 671 g/mol. The van der Waals surface area contributed by atoms with E-state index >= 15 is 0 Å². The number of nitrogens with two attached hydrogens (primary N) is 3. The van der Waals surface area contributed by atoms with Crippen LogP contribution in [0.15, 0.2) is 36.4 Å². The van der Waals surface area contributed by atoms with Crippen molar-refractivity contribution in [2.45, 2.75) is 21.3 Å². The summed E-state index contributed by atoms with van der Waals surface area (Å²) in [7, 11) is 0. The summed E-state index contributed by atoms with van der Waals surface area (Å²) >= 11 is 5.30. The topological polar surface area (TPSA) is 121 Å². The third-order valence-electron chi connectivity index (χ3n) is 2.71. The van der Waals surface area contributed by atoms with Crippen LogP contribution in [0, 0.1) is 24.0 Å². The van der Waals surface area contributed by atoms with E-state index in [0.29, 0.717) is 24.5 Å². The van der Waals surface area contributed by atoms with Crippen molar-refractivity contribution in [3.05, 3.63) is 57.6 Å². The van der Waals surface area contributed by atoms with Crippen LogP contribution in [-0.2, 0) is 0 Å². The van der Waals surface area contributed by atoms with Crippen molar-refractivity contribution in [1.82, 2.24) is 0 Å². The second kappa shape index (κ2) is 13.7. The second-order valence-corrected chi connectivity index (χ2v) is 20.7. The number of halogens is 3. The standard InChI is InChI=1S/C7H8N2O2.C7H10N2.CH4.I3/c1-5-4-6(8)2-3-7(5)9(10)11;1-5-4-6(8)2-3-7(5)9;;1-3-2/h2-4H,8H2,1H3;2-4H,8-9H2,1H3;1H4;/q;;;-1. The Labute approximate surface area is 172 Å². The molecule has 0 amide bonds. The Balaban J connectivity index is 0. The van der Waals surface area contributed by atoms with Crippen molar-refractivity contribution >= 4 is 60.0 Å². The third-order valence-corrected chi connectivity index (χ3v) is 2.71. The maximum absolute atomic E-state index is 10.3. The van der Waals surface area contributed by atoms with Gasteiger partial charge in [0.2, 0.25) is 0 Å². The number of rotatable bonds is 1. The summed E-state index contributed by atoms with van der Waals surface area (Å²) in [4.78, 5) is 9.88. The molecule has 0 aromatic heterocycles. The zero-order valence-corrected chi connectivity index (χ0v) is 19.1. The molecule has 6 nitrogen and oxygen atoms in total. The van der Waals surface area contributed by atoms with Gasteiger partial charge in [-0.25, -0.2) is 0 Å². The van der Waals surface area contributed by atoms with Crippen LogP contribution in [0.25, 0.3) is 0 Å². The average molecular weight is 671 g/mol. The van der Waals surface area contributed by atoms with Gasteiger partial charge in [0.05, 0.1) is 4.92 Å². The molecule has 0 atom stereocenters. The maximum atomic E-state index is 10.3. The molecule has 0 unspecified atom stereocenters. The molecule has 0 bridgehead atoms. The first kappa shape index (κ1) is 25.7. The Morgan fingerprint density at radius 1 is 0.958 bits per heavy atom. The predicted molar refractivity (Wildman–Crippen MR) is 117 cm³/mol. The Morgan fingerprint density at radius 3 is 1.71 bits per heavy atom. The summed E-state index contributed by atoms with van der Waals surface area (Å²) in [6.07, 6.45) is 0. The summed E-state index contributed by atoms with van der Waals surface area (Å²) < 4.78 is 0. The first-order valence-electron chi connectivity index (χ1n) is 6.22. The molecule has 0 saturated heterocycles. The summed E-state index contributed by atoms with van der Waals surface area (Å²) in [5.41, 5.74) is 20.3. The quantitative estimate of drug-likeness (QED) is 0.186. The molecule has 0 aliphatic rings. The molecular weight excluding hydrogens is 649 g/mol. The van der Waals surface area contributed by atoms with Gasteiger partial charge >= 0.3 is 50.5 Å². The number of anilines is 3. The number of nitro benzene ring substituents is 1.